The fourth-order valence-electron chi connectivity index (χ4n) is 1.95. The van der Waals surface area contributed by atoms with E-state index < -0.39 is 0 Å². The third kappa shape index (κ3) is 2.14. The van der Waals surface area contributed by atoms with Crippen molar-refractivity contribution in [1.82, 2.24) is 14.8 Å². The van der Waals surface area contributed by atoms with E-state index in [4.69, 9.17) is 4.74 Å². The van der Waals surface area contributed by atoms with E-state index in [2.05, 4.69) is 15.4 Å². The van der Waals surface area contributed by atoms with Crippen LogP contribution in [-0.2, 0) is 4.74 Å². The summed E-state index contributed by atoms with van der Waals surface area (Å²) in [5.41, 5.74) is 0.992. The van der Waals surface area contributed by atoms with Crippen LogP contribution in [0.3, 0.4) is 0 Å². The molecule has 1 atom stereocenters. The molecule has 0 amide bonds. The molecule has 1 fully saturated rings. The van der Waals surface area contributed by atoms with Crippen LogP contribution in [0.25, 0.3) is 5.82 Å². The molecule has 1 aliphatic heterocycles. The normalized spacial score (nSPS) is 19.4. The van der Waals surface area contributed by atoms with Gasteiger partial charge in [-0.15, -0.1) is 0 Å². The Kier molecular flexibility index (Phi) is 2.75. The first-order valence-corrected chi connectivity index (χ1v) is 5.73. The van der Waals surface area contributed by atoms with Crippen molar-refractivity contribution in [3.63, 3.8) is 0 Å². The Balaban J connectivity index is 1.88. The fourth-order valence-corrected chi connectivity index (χ4v) is 1.95. The first-order valence-electron chi connectivity index (χ1n) is 5.73. The minimum absolute atomic E-state index is 0.369. The summed E-state index contributed by atoms with van der Waals surface area (Å²) in [6, 6.07) is 6.19. The highest BCUT2D eigenvalue weighted by molar-refractivity contribution is 5.56. The maximum Gasteiger partial charge on any atom is 0.176 e. The molecule has 1 N–H and O–H groups in total. The number of hydrogen-bond acceptors (Lipinski definition) is 4. The summed E-state index contributed by atoms with van der Waals surface area (Å²) < 4.78 is 7.12. The lowest BCUT2D eigenvalue weighted by Crippen LogP contribution is -2.20. The number of rotatable bonds is 3. The van der Waals surface area contributed by atoms with E-state index in [0.29, 0.717) is 6.04 Å². The van der Waals surface area contributed by atoms with Crippen molar-refractivity contribution in [2.24, 2.45) is 0 Å². The molecule has 17 heavy (non-hydrogen) atoms. The van der Waals surface area contributed by atoms with Gasteiger partial charge >= 0.3 is 0 Å². The molecule has 3 rings (SSSR count). The van der Waals surface area contributed by atoms with Crippen LogP contribution in [-0.4, -0.2) is 34.0 Å². The first-order chi connectivity index (χ1) is 8.43. The molecule has 2 aromatic heterocycles. The number of ether oxygens (including phenoxy) is 1. The summed E-state index contributed by atoms with van der Waals surface area (Å²) in [5, 5.41) is 7.65. The van der Waals surface area contributed by atoms with Gasteiger partial charge in [0, 0.05) is 25.2 Å². The molecule has 0 spiro atoms. The zero-order valence-electron chi connectivity index (χ0n) is 9.41. The van der Waals surface area contributed by atoms with Crippen LogP contribution < -0.4 is 5.32 Å². The van der Waals surface area contributed by atoms with Gasteiger partial charge in [0.2, 0.25) is 0 Å². The quantitative estimate of drug-likeness (QED) is 0.867. The molecule has 88 valence electrons. The van der Waals surface area contributed by atoms with Gasteiger partial charge in [-0.25, -0.2) is 9.67 Å². The van der Waals surface area contributed by atoms with E-state index in [9.17, 15) is 0 Å². The average molecular weight is 230 g/mol. The average Bonchev–Trinajstić information content (AvgIpc) is 3.01. The Morgan fingerprint density at radius 2 is 2.35 bits per heavy atom. The number of nitrogens with one attached hydrogen (secondary N) is 1. The molecule has 2 aromatic rings. The number of nitrogens with zero attached hydrogens (tertiary/aromatic N) is 3. The van der Waals surface area contributed by atoms with Crippen molar-refractivity contribution in [3.8, 4) is 5.82 Å². The molecule has 0 radical (unpaired) electrons. The van der Waals surface area contributed by atoms with Crippen LogP contribution in [0.5, 0.6) is 0 Å². The van der Waals surface area contributed by atoms with Gasteiger partial charge in [-0.2, -0.15) is 5.10 Å². The Morgan fingerprint density at radius 1 is 1.35 bits per heavy atom. The summed E-state index contributed by atoms with van der Waals surface area (Å²) >= 11 is 0. The molecule has 1 aliphatic rings. The smallest absolute Gasteiger partial charge is 0.176 e. The maximum absolute atomic E-state index is 5.35. The van der Waals surface area contributed by atoms with Crippen LogP contribution >= 0.6 is 0 Å². The highest BCUT2D eigenvalue weighted by atomic mass is 16.5. The van der Waals surface area contributed by atoms with Gasteiger partial charge in [-0.05, 0) is 24.6 Å². The lowest BCUT2D eigenvalue weighted by molar-refractivity contribution is 0.195. The second kappa shape index (κ2) is 4.55. The Hall–Kier alpha value is -1.88. The molecular formula is C12H14N4O. The van der Waals surface area contributed by atoms with Crippen molar-refractivity contribution in [1.29, 1.82) is 0 Å². The highest BCUT2D eigenvalue weighted by Crippen LogP contribution is 2.19. The Labute approximate surface area is 99.4 Å². The second-order valence-electron chi connectivity index (χ2n) is 4.03. The van der Waals surface area contributed by atoms with E-state index in [0.717, 1.165) is 31.1 Å². The van der Waals surface area contributed by atoms with Gasteiger partial charge in [0.25, 0.3) is 0 Å². The third-order valence-electron chi connectivity index (χ3n) is 2.80. The van der Waals surface area contributed by atoms with E-state index in [1.807, 2.05) is 24.4 Å². The molecule has 0 bridgehead atoms. The lowest BCUT2D eigenvalue weighted by Gasteiger charge is -2.14. The van der Waals surface area contributed by atoms with Crippen LogP contribution in [0.1, 0.15) is 6.42 Å². The summed E-state index contributed by atoms with van der Waals surface area (Å²) in [5.74, 6) is 0.824. The van der Waals surface area contributed by atoms with E-state index in [1.54, 1.807) is 17.1 Å². The zero-order valence-corrected chi connectivity index (χ0v) is 9.41. The molecule has 0 aromatic carbocycles. The summed E-state index contributed by atoms with van der Waals surface area (Å²) in [6.45, 7) is 1.59. The summed E-state index contributed by atoms with van der Waals surface area (Å²) in [6.07, 6.45) is 6.44. The Bertz CT molecular complexity index is 477. The summed E-state index contributed by atoms with van der Waals surface area (Å²) in [7, 11) is 0. The van der Waals surface area contributed by atoms with Gasteiger partial charge in [-0.3, -0.25) is 0 Å². The molecule has 3 heterocycles. The van der Waals surface area contributed by atoms with Crippen molar-refractivity contribution < 1.29 is 4.74 Å². The molecule has 5 heteroatoms. The molecule has 0 aliphatic carbocycles. The van der Waals surface area contributed by atoms with Gasteiger partial charge in [0.15, 0.2) is 5.82 Å². The fraction of sp³-hybridized carbons (Fsp3) is 0.333. The van der Waals surface area contributed by atoms with Crippen LogP contribution in [0.4, 0.5) is 5.69 Å². The third-order valence-corrected chi connectivity index (χ3v) is 2.80. The van der Waals surface area contributed by atoms with Crippen LogP contribution in [0, 0.1) is 0 Å². The molecule has 1 saturated heterocycles. The van der Waals surface area contributed by atoms with Gasteiger partial charge in [0.1, 0.15) is 0 Å². The monoisotopic (exact) mass is 230 g/mol. The van der Waals surface area contributed by atoms with Crippen LogP contribution in [0.2, 0.25) is 0 Å². The number of anilines is 1. The minimum atomic E-state index is 0.369. The van der Waals surface area contributed by atoms with Crippen molar-refractivity contribution >= 4 is 5.69 Å². The minimum Gasteiger partial charge on any atom is -0.379 e. The number of hydrogen-bond donors (Lipinski definition) is 1. The Morgan fingerprint density at radius 3 is 3.12 bits per heavy atom. The SMILES string of the molecule is c1cnc(-n2cccn2)c(NC2CCOC2)c1. The van der Waals surface area contributed by atoms with E-state index in [1.165, 1.54) is 0 Å². The topological polar surface area (TPSA) is 52.0 Å². The maximum atomic E-state index is 5.35. The molecule has 5 nitrogen and oxygen atoms in total. The van der Waals surface area contributed by atoms with Gasteiger partial charge in [-0.1, -0.05) is 0 Å². The molecule has 1 unspecified atom stereocenters. The zero-order chi connectivity index (χ0) is 11.5. The standard InChI is InChI=1S/C12H14N4O/c1-3-11(15-10-4-8-17-9-10)12(13-5-1)16-7-2-6-14-16/h1-3,5-7,10,15H,4,8-9H2. The predicted molar refractivity (Wildman–Crippen MR) is 64.2 cm³/mol. The van der Waals surface area contributed by atoms with E-state index >= 15 is 0 Å². The second-order valence-corrected chi connectivity index (χ2v) is 4.03. The van der Waals surface area contributed by atoms with Crippen molar-refractivity contribution in [2.45, 2.75) is 12.5 Å². The van der Waals surface area contributed by atoms with Gasteiger partial charge in [0.05, 0.1) is 18.3 Å². The molecular weight excluding hydrogens is 216 g/mol. The first kappa shape index (κ1) is 10.3. The number of aromatic nitrogens is 3. The van der Waals surface area contributed by atoms with E-state index in [-0.39, 0.29) is 0 Å². The highest BCUT2D eigenvalue weighted by Gasteiger charge is 2.17. The van der Waals surface area contributed by atoms with Crippen molar-refractivity contribution in [3.05, 3.63) is 36.8 Å². The predicted octanol–water partition coefficient (Wildman–Crippen LogP) is 1.47. The van der Waals surface area contributed by atoms with Crippen molar-refractivity contribution in [2.75, 3.05) is 18.5 Å². The van der Waals surface area contributed by atoms with Crippen LogP contribution in [0.15, 0.2) is 36.8 Å². The van der Waals surface area contributed by atoms with Gasteiger partial charge < -0.3 is 10.1 Å². The molecule has 0 saturated carbocycles. The number of pyridine rings is 1. The summed E-state index contributed by atoms with van der Waals surface area (Å²) in [4.78, 5) is 4.36. The lowest BCUT2D eigenvalue weighted by atomic mass is 10.2. The largest absolute Gasteiger partial charge is 0.379 e.